The molecule has 1 saturated carbocycles. The highest BCUT2D eigenvalue weighted by molar-refractivity contribution is 7.89. The molecule has 0 amide bonds. The van der Waals surface area contributed by atoms with Crippen LogP contribution in [0.1, 0.15) is 30.8 Å². The van der Waals surface area contributed by atoms with E-state index in [1.54, 1.807) is 0 Å². The molecule has 1 aliphatic heterocycles. The van der Waals surface area contributed by atoms with E-state index < -0.39 is 15.8 Å². The molecule has 1 unspecified atom stereocenters. The molecule has 26 heavy (non-hydrogen) atoms. The van der Waals surface area contributed by atoms with Crippen molar-refractivity contribution in [1.82, 2.24) is 13.9 Å². The highest BCUT2D eigenvalue weighted by atomic mass is 32.2. The Morgan fingerprint density at radius 1 is 1.23 bits per heavy atom. The number of aromatic nitrogens is 2. The smallest absolute Gasteiger partial charge is 0.243 e. The number of nitrogens with zero attached hydrogens (tertiary/aromatic N) is 3. The van der Waals surface area contributed by atoms with Gasteiger partial charge in [-0.3, -0.25) is 0 Å². The maximum absolute atomic E-state index is 13.4. The molecule has 1 aromatic carbocycles. The van der Waals surface area contributed by atoms with Gasteiger partial charge in [0.05, 0.1) is 4.90 Å². The van der Waals surface area contributed by atoms with Crippen LogP contribution in [0.15, 0.2) is 35.4 Å². The number of imidazole rings is 1. The van der Waals surface area contributed by atoms with Gasteiger partial charge < -0.3 is 4.57 Å². The van der Waals surface area contributed by atoms with Crippen molar-refractivity contribution < 1.29 is 12.8 Å². The van der Waals surface area contributed by atoms with Gasteiger partial charge in [0.1, 0.15) is 11.6 Å². The van der Waals surface area contributed by atoms with Crippen LogP contribution < -0.4 is 0 Å². The summed E-state index contributed by atoms with van der Waals surface area (Å²) in [5, 5.41) is 0. The minimum Gasteiger partial charge on any atom is -0.332 e. The zero-order chi connectivity index (χ0) is 18.3. The van der Waals surface area contributed by atoms with Crippen LogP contribution in [0, 0.1) is 24.6 Å². The second-order valence-electron chi connectivity index (χ2n) is 7.55. The van der Waals surface area contributed by atoms with Crippen LogP contribution in [0.3, 0.4) is 0 Å². The van der Waals surface area contributed by atoms with Gasteiger partial charge in [-0.15, -0.1) is 0 Å². The number of rotatable bonds is 6. The molecule has 2 fully saturated rings. The third kappa shape index (κ3) is 3.55. The Bertz CT molecular complexity index is 905. The maximum Gasteiger partial charge on any atom is 0.243 e. The van der Waals surface area contributed by atoms with Gasteiger partial charge >= 0.3 is 0 Å². The minimum atomic E-state index is -3.63. The molecule has 0 bridgehead atoms. The van der Waals surface area contributed by atoms with Gasteiger partial charge in [0.25, 0.3) is 0 Å². The first-order valence-corrected chi connectivity index (χ1v) is 10.6. The molecule has 140 valence electrons. The Kier molecular flexibility index (Phi) is 4.61. The number of sulfonamides is 1. The first-order valence-electron chi connectivity index (χ1n) is 9.20. The lowest BCUT2D eigenvalue weighted by Gasteiger charge is -2.17. The van der Waals surface area contributed by atoms with E-state index in [0.717, 1.165) is 37.2 Å². The van der Waals surface area contributed by atoms with Crippen LogP contribution in [-0.2, 0) is 23.0 Å². The van der Waals surface area contributed by atoms with E-state index >= 15 is 0 Å². The third-order valence-electron chi connectivity index (χ3n) is 5.43. The fraction of sp³-hybridized carbons (Fsp3) is 0.526. The van der Waals surface area contributed by atoms with Crippen molar-refractivity contribution in [3.05, 3.63) is 47.8 Å². The molecule has 2 heterocycles. The fourth-order valence-corrected chi connectivity index (χ4v) is 5.26. The molecule has 1 aromatic heterocycles. The largest absolute Gasteiger partial charge is 0.332 e. The Hall–Kier alpha value is -1.73. The van der Waals surface area contributed by atoms with Crippen molar-refractivity contribution in [2.75, 3.05) is 13.1 Å². The highest BCUT2D eigenvalue weighted by Gasteiger charge is 2.33. The van der Waals surface area contributed by atoms with Crippen molar-refractivity contribution in [3.63, 3.8) is 0 Å². The maximum atomic E-state index is 13.4. The topological polar surface area (TPSA) is 55.2 Å². The van der Waals surface area contributed by atoms with Crippen molar-refractivity contribution in [1.29, 1.82) is 0 Å². The summed E-state index contributed by atoms with van der Waals surface area (Å²) in [6, 6.07) is 5.24. The summed E-state index contributed by atoms with van der Waals surface area (Å²) < 4.78 is 42.7. The molecule has 5 nitrogen and oxygen atoms in total. The van der Waals surface area contributed by atoms with Crippen molar-refractivity contribution in [3.8, 4) is 0 Å². The number of halogens is 1. The van der Waals surface area contributed by atoms with Crippen LogP contribution in [0.5, 0.6) is 0 Å². The first-order chi connectivity index (χ1) is 12.4. The van der Waals surface area contributed by atoms with Crippen LogP contribution in [0.4, 0.5) is 4.39 Å². The van der Waals surface area contributed by atoms with Crippen LogP contribution in [-0.4, -0.2) is 35.4 Å². The van der Waals surface area contributed by atoms with Crippen molar-refractivity contribution >= 4 is 10.0 Å². The highest BCUT2D eigenvalue weighted by Crippen LogP contribution is 2.32. The van der Waals surface area contributed by atoms with E-state index in [4.69, 9.17) is 0 Å². The quantitative estimate of drug-likeness (QED) is 0.778. The molecule has 1 atom stereocenters. The second kappa shape index (κ2) is 6.78. The average Bonchev–Trinajstić information content (AvgIpc) is 3.20. The molecule has 7 heteroatoms. The number of aryl methyl sites for hydroxylation is 1. The molecule has 2 aliphatic rings. The summed E-state index contributed by atoms with van der Waals surface area (Å²) in [7, 11) is -3.63. The van der Waals surface area contributed by atoms with Crippen molar-refractivity contribution in [2.24, 2.45) is 11.8 Å². The first kappa shape index (κ1) is 17.7. The van der Waals surface area contributed by atoms with Gasteiger partial charge in [-0.05, 0) is 56.2 Å². The zero-order valence-electron chi connectivity index (χ0n) is 14.9. The molecule has 1 saturated heterocycles. The Balaban J connectivity index is 1.46. The second-order valence-corrected chi connectivity index (χ2v) is 9.49. The standard InChI is InChI=1S/C19H24FN3O2S/c1-14-11-21-19(23(14)13-15-5-6-15)9-16-7-8-22(12-16)26(24,25)18-4-2-3-17(20)10-18/h2-4,10-11,15-16H,5-9,12-13H2,1H3. The number of benzene rings is 1. The lowest BCUT2D eigenvalue weighted by molar-refractivity contribution is 0.447. The molecule has 2 aromatic rings. The Morgan fingerprint density at radius 2 is 2.04 bits per heavy atom. The molecule has 0 N–H and O–H groups in total. The molecule has 0 radical (unpaired) electrons. The van der Waals surface area contributed by atoms with Gasteiger partial charge in [0.15, 0.2) is 0 Å². The molecular weight excluding hydrogens is 353 g/mol. The van der Waals surface area contributed by atoms with E-state index in [9.17, 15) is 12.8 Å². The molecular formula is C19H24FN3O2S. The lowest BCUT2D eigenvalue weighted by Crippen LogP contribution is -2.29. The van der Waals surface area contributed by atoms with Gasteiger partial charge in [-0.2, -0.15) is 4.31 Å². The summed E-state index contributed by atoms with van der Waals surface area (Å²) in [4.78, 5) is 4.59. The SMILES string of the molecule is Cc1cnc(CC2CCN(S(=O)(=O)c3cccc(F)c3)C2)n1CC1CC1. The van der Waals surface area contributed by atoms with E-state index in [0.29, 0.717) is 13.1 Å². The average molecular weight is 377 g/mol. The summed E-state index contributed by atoms with van der Waals surface area (Å²) in [5.41, 5.74) is 1.18. The van der Waals surface area contributed by atoms with E-state index in [2.05, 4.69) is 16.5 Å². The van der Waals surface area contributed by atoms with E-state index in [1.807, 2.05) is 6.20 Å². The lowest BCUT2D eigenvalue weighted by atomic mass is 10.0. The zero-order valence-corrected chi connectivity index (χ0v) is 15.8. The Morgan fingerprint density at radius 3 is 2.77 bits per heavy atom. The van der Waals surface area contributed by atoms with Crippen LogP contribution >= 0.6 is 0 Å². The van der Waals surface area contributed by atoms with Crippen molar-refractivity contribution in [2.45, 2.75) is 44.0 Å². The number of hydrogen-bond acceptors (Lipinski definition) is 3. The fourth-order valence-electron chi connectivity index (χ4n) is 3.70. The predicted molar refractivity (Wildman–Crippen MR) is 96.7 cm³/mol. The summed E-state index contributed by atoms with van der Waals surface area (Å²) in [6.07, 6.45) is 6.09. The monoisotopic (exact) mass is 377 g/mol. The van der Waals surface area contributed by atoms with Gasteiger partial charge in [-0.25, -0.2) is 17.8 Å². The van der Waals surface area contributed by atoms with Gasteiger partial charge in [0, 0.05) is 37.9 Å². The predicted octanol–water partition coefficient (Wildman–Crippen LogP) is 2.99. The normalized spacial score (nSPS) is 21.4. The van der Waals surface area contributed by atoms with E-state index in [1.165, 1.54) is 41.0 Å². The van der Waals surface area contributed by atoms with Crippen LogP contribution in [0.2, 0.25) is 0 Å². The minimum absolute atomic E-state index is 0.0317. The van der Waals surface area contributed by atoms with Gasteiger partial charge in [-0.1, -0.05) is 6.07 Å². The third-order valence-corrected chi connectivity index (χ3v) is 7.29. The summed E-state index contributed by atoms with van der Waals surface area (Å²) in [6.45, 7) is 4.05. The summed E-state index contributed by atoms with van der Waals surface area (Å²) in [5.74, 6) is 1.55. The molecule has 1 aliphatic carbocycles. The number of hydrogen-bond donors (Lipinski definition) is 0. The molecule has 0 spiro atoms. The van der Waals surface area contributed by atoms with E-state index in [-0.39, 0.29) is 10.8 Å². The molecule has 4 rings (SSSR count). The summed E-state index contributed by atoms with van der Waals surface area (Å²) >= 11 is 0. The van der Waals surface area contributed by atoms with Crippen LogP contribution in [0.25, 0.3) is 0 Å². The van der Waals surface area contributed by atoms with Gasteiger partial charge in [0.2, 0.25) is 10.0 Å². The Labute approximate surface area is 153 Å².